The van der Waals surface area contributed by atoms with Gasteiger partial charge < -0.3 is 22.1 Å². The monoisotopic (exact) mass is 348 g/mol. The van der Waals surface area contributed by atoms with Gasteiger partial charge in [0.05, 0.1) is 0 Å². The van der Waals surface area contributed by atoms with E-state index in [9.17, 15) is 0 Å². The summed E-state index contributed by atoms with van der Waals surface area (Å²) in [5.41, 5.74) is 11.5. The number of nitrogens with one attached hydrogen (secondary N) is 2. The van der Waals surface area contributed by atoms with Gasteiger partial charge in [-0.25, -0.2) is 0 Å². The lowest BCUT2D eigenvalue weighted by Gasteiger charge is -2.11. The maximum Gasteiger partial charge on any atom is 0.0165 e. The molecule has 0 saturated heterocycles. The van der Waals surface area contributed by atoms with Crippen LogP contribution in [0.4, 0.5) is 0 Å². The van der Waals surface area contributed by atoms with Gasteiger partial charge in [-0.3, -0.25) is 0 Å². The van der Waals surface area contributed by atoms with Crippen LogP contribution in [0.5, 0.6) is 0 Å². The van der Waals surface area contributed by atoms with Crippen molar-refractivity contribution >= 4 is 0 Å². The molecule has 0 aliphatic rings. The van der Waals surface area contributed by atoms with Gasteiger partial charge in [0.2, 0.25) is 0 Å². The maximum absolute atomic E-state index is 5.77. The molecule has 0 rings (SSSR count). The molecule has 0 aliphatic carbocycles. The van der Waals surface area contributed by atoms with Gasteiger partial charge in [0.1, 0.15) is 0 Å². The van der Waals surface area contributed by atoms with Crippen molar-refractivity contribution in [3.05, 3.63) is 0 Å². The molecular weight excluding hydrogens is 296 g/mol. The maximum atomic E-state index is 5.77. The third-order valence-corrected chi connectivity index (χ3v) is 3.23. The molecule has 0 aromatic rings. The summed E-state index contributed by atoms with van der Waals surface area (Å²) in [6.45, 7) is 16.6. The Balaban J connectivity index is -0.000000138. The zero-order valence-electron chi connectivity index (χ0n) is 18.5. The van der Waals surface area contributed by atoms with E-state index in [1.165, 1.54) is 25.7 Å². The van der Waals surface area contributed by atoms with E-state index < -0.39 is 0 Å². The Morgan fingerprint density at radius 3 is 1.46 bits per heavy atom. The second-order valence-electron chi connectivity index (χ2n) is 6.10. The molecule has 0 amide bonds. The highest BCUT2D eigenvalue weighted by Gasteiger charge is 2.01. The average Bonchev–Trinajstić information content (AvgIpc) is 2.58. The van der Waals surface area contributed by atoms with Gasteiger partial charge in [-0.2, -0.15) is 0 Å². The Morgan fingerprint density at radius 2 is 1.12 bits per heavy atom. The van der Waals surface area contributed by atoms with E-state index in [1.54, 1.807) is 0 Å². The molecule has 4 heteroatoms. The molecular formula is C20H52N4. The van der Waals surface area contributed by atoms with E-state index in [0.29, 0.717) is 12.1 Å². The third kappa shape index (κ3) is 37.8. The largest absolute Gasteiger partial charge is 0.327 e. The van der Waals surface area contributed by atoms with Crippen molar-refractivity contribution in [2.75, 3.05) is 27.2 Å². The Hall–Kier alpha value is -0.160. The summed E-state index contributed by atoms with van der Waals surface area (Å²) in [7, 11) is 3.88. The van der Waals surface area contributed by atoms with Gasteiger partial charge in [0.25, 0.3) is 0 Å². The lowest BCUT2D eigenvalue weighted by molar-refractivity contribution is 0.485. The van der Waals surface area contributed by atoms with Crippen molar-refractivity contribution in [1.29, 1.82) is 0 Å². The van der Waals surface area contributed by atoms with E-state index in [-0.39, 0.29) is 0 Å². The predicted molar refractivity (Wildman–Crippen MR) is 115 cm³/mol. The second kappa shape index (κ2) is 30.7. The van der Waals surface area contributed by atoms with Gasteiger partial charge in [0, 0.05) is 25.2 Å². The highest BCUT2D eigenvalue weighted by Crippen LogP contribution is 2.04. The van der Waals surface area contributed by atoms with Crippen LogP contribution < -0.4 is 22.1 Å². The summed E-state index contributed by atoms with van der Waals surface area (Å²) in [6, 6.07) is 0.698. The van der Waals surface area contributed by atoms with Crippen LogP contribution in [0.15, 0.2) is 0 Å². The van der Waals surface area contributed by atoms with Crippen molar-refractivity contribution in [3.8, 4) is 0 Å². The molecule has 2 atom stereocenters. The van der Waals surface area contributed by atoms with E-state index in [0.717, 1.165) is 31.8 Å². The number of nitrogens with two attached hydrogens (primary N) is 2. The number of unbranched alkanes of at least 4 members (excludes halogenated alkanes) is 2. The lowest BCUT2D eigenvalue weighted by atomic mass is 10.0. The Morgan fingerprint density at radius 1 is 0.708 bits per heavy atom. The third-order valence-electron chi connectivity index (χ3n) is 3.23. The van der Waals surface area contributed by atoms with Crippen molar-refractivity contribution in [3.63, 3.8) is 0 Å². The number of hydrogen-bond donors (Lipinski definition) is 4. The van der Waals surface area contributed by atoms with E-state index in [1.807, 2.05) is 41.8 Å². The first-order valence-corrected chi connectivity index (χ1v) is 10.3. The van der Waals surface area contributed by atoms with Crippen molar-refractivity contribution in [2.45, 2.75) is 99.1 Å². The highest BCUT2D eigenvalue weighted by molar-refractivity contribution is 4.63. The van der Waals surface area contributed by atoms with Crippen molar-refractivity contribution < 1.29 is 0 Å². The number of hydrogen-bond acceptors (Lipinski definition) is 4. The Labute approximate surface area is 154 Å². The summed E-state index contributed by atoms with van der Waals surface area (Å²) < 4.78 is 0. The molecule has 0 saturated carbocycles. The Bertz CT molecular complexity index is 175. The van der Waals surface area contributed by atoms with Crippen molar-refractivity contribution in [1.82, 2.24) is 10.6 Å². The zero-order valence-corrected chi connectivity index (χ0v) is 18.5. The quantitative estimate of drug-likeness (QED) is 0.423. The summed E-state index contributed by atoms with van der Waals surface area (Å²) in [5, 5.41) is 6.14. The fourth-order valence-corrected chi connectivity index (χ4v) is 1.93. The smallest absolute Gasteiger partial charge is 0.0165 e. The van der Waals surface area contributed by atoms with E-state index >= 15 is 0 Å². The first-order valence-electron chi connectivity index (χ1n) is 10.3. The lowest BCUT2D eigenvalue weighted by Crippen LogP contribution is -2.31. The highest BCUT2D eigenvalue weighted by atomic mass is 14.9. The van der Waals surface area contributed by atoms with Crippen LogP contribution in [0.1, 0.15) is 87.0 Å². The summed E-state index contributed by atoms with van der Waals surface area (Å²) in [4.78, 5) is 0. The SMILES string of the molecule is CC.CC.CCCCCC(N)CNC.CNCC(N)CCC(C)C. The summed E-state index contributed by atoms with van der Waals surface area (Å²) in [6.07, 6.45) is 7.42. The molecule has 0 bridgehead atoms. The fraction of sp³-hybridized carbons (Fsp3) is 1.00. The second-order valence-corrected chi connectivity index (χ2v) is 6.10. The standard InChI is InChI=1S/2C8H20N2.2C2H6/c1-7(2)4-5-8(9)6-10-3;1-3-4-5-6-8(9)7-10-2;2*1-2/h7-8,10H,4-6,9H2,1-3H3;8,10H,3-7,9H2,1-2H3;2*1-2H3. The van der Waals surface area contributed by atoms with Crippen LogP contribution in [0, 0.1) is 5.92 Å². The molecule has 0 aromatic carbocycles. The molecule has 0 aliphatic heterocycles. The number of rotatable bonds is 11. The molecule has 24 heavy (non-hydrogen) atoms. The molecule has 0 radical (unpaired) electrons. The van der Waals surface area contributed by atoms with E-state index in [2.05, 4.69) is 31.4 Å². The molecule has 0 spiro atoms. The van der Waals surface area contributed by atoms with Gasteiger partial charge in [-0.1, -0.05) is 67.7 Å². The van der Waals surface area contributed by atoms with Gasteiger partial charge in [-0.15, -0.1) is 0 Å². The first kappa shape index (κ1) is 31.6. The van der Waals surface area contributed by atoms with E-state index in [4.69, 9.17) is 11.5 Å². The molecule has 0 heterocycles. The summed E-state index contributed by atoms with van der Waals surface area (Å²) in [5.74, 6) is 0.780. The minimum atomic E-state index is 0.340. The van der Waals surface area contributed by atoms with Crippen LogP contribution in [0.3, 0.4) is 0 Å². The van der Waals surface area contributed by atoms with Crippen LogP contribution >= 0.6 is 0 Å². The van der Waals surface area contributed by atoms with Crippen LogP contribution in [-0.4, -0.2) is 39.3 Å². The fourth-order valence-electron chi connectivity index (χ4n) is 1.93. The predicted octanol–water partition coefficient (Wildman–Crippen LogP) is 4.14. The van der Waals surface area contributed by atoms with Crippen LogP contribution in [0.2, 0.25) is 0 Å². The summed E-state index contributed by atoms with van der Waals surface area (Å²) >= 11 is 0. The normalized spacial score (nSPS) is 12.0. The first-order chi connectivity index (χ1) is 11.5. The minimum absolute atomic E-state index is 0.340. The molecule has 0 aromatic heterocycles. The molecule has 4 nitrogen and oxygen atoms in total. The molecule has 0 fully saturated rings. The Kier molecular flexibility index (Phi) is 40.4. The van der Waals surface area contributed by atoms with Gasteiger partial charge >= 0.3 is 0 Å². The molecule has 152 valence electrons. The molecule has 6 N–H and O–H groups in total. The average molecular weight is 349 g/mol. The zero-order chi connectivity index (χ0) is 19.8. The van der Waals surface area contributed by atoms with Crippen LogP contribution in [-0.2, 0) is 0 Å². The van der Waals surface area contributed by atoms with Gasteiger partial charge in [-0.05, 0) is 39.3 Å². The topological polar surface area (TPSA) is 76.1 Å². The van der Waals surface area contributed by atoms with Gasteiger partial charge in [0.15, 0.2) is 0 Å². The number of likely N-dealkylation sites (N-methyl/N-ethyl adjacent to an activating group) is 2. The van der Waals surface area contributed by atoms with Crippen molar-refractivity contribution in [2.24, 2.45) is 17.4 Å². The minimum Gasteiger partial charge on any atom is -0.327 e. The van der Waals surface area contributed by atoms with Crippen LogP contribution in [0.25, 0.3) is 0 Å². The molecule has 2 unspecified atom stereocenters.